The van der Waals surface area contributed by atoms with Gasteiger partial charge in [-0.3, -0.25) is 0 Å². The molecular formula is C12H9BrF2O. The van der Waals surface area contributed by atoms with E-state index in [1.165, 1.54) is 12.3 Å². The number of alkyl halides is 1. The topological polar surface area (TPSA) is 13.1 Å². The Hall–Kier alpha value is -1.16. The van der Waals surface area contributed by atoms with E-state index in [9.17, 15) is 8.78 Å². The summed E-state index contributed by atoms with van der Waals surface area (Å²) in [6.45, 7) is 1.78. The molecule has 0 N–H and O–H groups in total. The fraction of sp³-hybridized carbons (Fsp3) is 0.167. The molecule has 1 atom stereocenters. The Balaban J connectivity index is 2.45. The van der Waals surface area contributed by atoms with E-state index < -0.39 is 16.5 Å². The molecule has 2 rings (SSSR count). The van der Waals surface area contributed by atoms with Gasteiger partial charge in [-0.2, -0.15) is 0 Å². The van der Waals surface area contributed by atoms with Crippen molar-refractivity contribution in [3.63, 3.8) is 0 Å². The molecule has 1 aromatic heterocycles. The molecule has 0 spiro atoms. The Morgan fingerprint density at radius 2 is 1.94 bits per heavy atom. The smallest absolute Gasteiger partial charge is 0.128 e. The van der Waals surface area contributed by atoms with Crippen LogP contribution in [-0.4, -0.2) is 0 Å². The van der Waals surface area contributed by atoms with E-state index in [1.807, 2.05) is 0 Å². The second-order valence-corrected chi connectivity index (χ2v) is 4.38. The fourth-order valence-electron chi connectivity index (χ4n) is 1.53. The van der Waals surface area contributed by atoms with Gasteiger partial charge < -0.3 is 4.42 Å². The van der Waals surface area contributed by atoms with E-state index in [0.717, 1.165) is 17.7 Å². The Labute approximate surface area is 100 Å². The highest BCUT2D eigenvalue weighted by molar-refractivity contribution is 9.09. The zero-order chi connectivity index (χ0) is 11.7. The van der Waals surface area contributed by atoms with Gasteiger partial charge in [-0.15, -0.1) is 0 Å². The second kappa shape index (κ2) is 4.37. The molecule has 0 radical (unpaired) electrons. The van der Waals surface area contributed by atoms with Gasteiger partial charge in [0.2, 0.25) is 0 Å². The van der Waals surface area contributed by atoms with Crippen LogP contribution in [0, 0.1) is 18.6 Å². The Morgan fingerprint density at radius 1 is 1.19 bits per heavy atom. The van der Waals surface area contributed by atoms with Gasteiger partial charge in [0.25, 0.3) is 0 Å². The van der Waals surface area contributed by atoms with Gasteiger partial charge in [0.1, 0.15) is 17.4 Å². The van der Waals surface area contributed by atoms with Crippen molar-refractivity contribution in [2.45, 2.75) is 11.8 Å². The third-order valence-corrected chi connectivity index (χ3v) is 3.39. The molecule has 0 aliphatic rings. The van der Waals surface area contributed by atoms with Crippen LogP contribution in [0.15, 0.2) is 34.9 Å². The van der Waals surface area contributed by atoms with Crippen LogP contribution in [-0.2, 0) is 0 Å². The van der Waals surface area contributed by atoms with Gasteiger partial charge in [0, 0.05) is 11.1 Å². The van der Waals surface area contributed by atoms with Crippen LogP contribution in [0.5, 0.6) is 0 Å². The SMILES string of the molecule is Cc1occc1C(Br)c1cc(F)ccc1F. The highest BCUT2D eigenvalue weighted by atomic mass is 79.9. The van der Waals surface area contributed by atoms with Gasteiger partial charge in [-0.05, 0) is 31.2 Å². The molecule has 1 heterocycles. The number of furan rings is 1. The van der Waals surface area contributed by atoms with Crippen LogP contribution in [0.4, 0.5) is 8.78 Å². The lowest BCUT2D eigenvalue weighted by molar-refractivity contribution is 0.529. The quantitative estimate of drug-likeness (QED) is 0.748. The van der Waals surface area contributed by atoms with E-state index in [1.54, 1.807) is 13.0 Å². The van der Waals surface area contributed by atoms with Gasteiger partial charge in [-0.25, -0.2) is 8.78 Å². The van der Waals surface area contributed by atoms with Gasteiger partial charge >= 0.3 is 0 Å². The van der Waals surface area contributed by atoms with Crippen LogP contribution in [0.2, 0.25) is 0 Å². The lowest BCUT2D eigenvalue weighted by atomic mass is 10.1. The van der Waals surface area contributed by atoms with Crippen molar-refractivity contribution in [3.05, 3.63) is 59.1 Å². The molecule has 2 aromatic rings. The van der Waals surface area contributed by atoms with Crippen molar-refractivity contribution in [1.29, 1.82) is 0 Å². The fourth-order valence-corrected chi connectivity index (χ4v) is 2.36. The number of rotatable bonds is 2. The third-order valence-electron chi connectivity index (χ3n) is 2.40. The highest BCUT2D eigenvalue weighted by Crippen LogP contribution is 2.34. The number of benzene rings is 1. The summed E-state index contributed by atoms with van der Waals surface area (Å²) in [4.78, 5) is -0.401. The maximum absolute atomic E-state index is 13.5. The molecule has 4 heteroatoms. The Morgan fingerprint density at radius 3 is 2.56 bits per heavy atom. The Bertz CT molecular complexity index is 507. The predicted octanol–water partition coefficient (Wildman–Crippen LogP) is 4.35. The summed E-state index contributed by atoms with van der Waals surface area (Å²) >= 11 is 3.34. The summed E-state index contributed by atoms with van der Waals surface area (Å²) in [5.41, 5.74) is 1.06. The van der Waals surface area contributed by atoms with Crippen LogP contribution < -0.4 is 0 Å². The van der Waals surface area contributed by atoms with Crippen molar-refractivity contribution >= 4 is 15.9 Å². The summed E-state index contributed by atoms with van der Waals surface area (Å²) in [5.74, 6) is -0.212. The number of hydrogen-bond donors (Lipinski definition) is 0. The van der Waals surface area contributed by atoms with Crippen molar-refractivity contribution in [2.24, 2.45) is 0 Å². The maximum Gasteiger partial charge on any atom is 0.128 e. The molecule has 16 heavy (non-hydrogen) atoms. The molecule has 0 fully saturated rings. The lowest BCUT2D eigenvalue weighted by Crippen LogP contribution is -1.97. The summed E-state index contributed by atoms with van der Waals surface area (Å²) in [6, 6.07) is 5.13. The average Bonchev–Trinajstić information content (AvgIpc) is 2.67. The van der Waals surface area contributed by atoms with Crippen LogP contribution in [0.3, 0.4) is 0 Å². The summed E-state index contributed by atoms with van der Waals surface area (Å²) in [7, 11) is 0. The molecule has 0 aliphatic carbocycles. The summed E-state index contributed by atoms with van der Waals surface area (Å²) < 4.78 is 31.7. The monoisotopic (exact) mass is 286 g/mol. The molecule has 84 valence electrons. The van der Waals surface area contributed by atoms with E-state index in [4.69, 9.17) is 4.42 Å². The molecule has 1 aromatic carbocycles. The molecular weight excluding hydrogens is 278 g/mol. The first-order chi connectivity index (χ1) is 7.59. The lowest BCUT2D eigenvalue weighted by Gasteiger charge is -2.10. The molecule has 1 nitrogen and oxygen atoms in total. The largest absolute Gasteiger partial charge is 0.469 e. The van der Waals surface area contributed by atoms with Crippen molar-refractivity contribution in [2.75, 3.05) is 0 Å². The standard InChI is InChI=1S/C12H9BrF2O/c1-7-9(4-5-16-7)12(13)10-6-8(14)2-3-11(10)15/h2-6,12H,1H3. The number of hydrogen-bond acceptors (Lipinski definition) is 1. The third kappa shape index (κ3) is 2.02. The maximum atomic E-state index is 13.5. The van der Waals surface area contributed by atoms with E-state index in [2.05, 4.69) is 15.9 Å². The van der Waals surface area contributed by atoms with Crippen LogP contribution >= 0.6 is 15.9 Å². The van der Waals surface area contributed by atoms with E-state index >= 15 is 0 Å². The molecule has 0 amide bonds. The van der Waals surface area contributed by atoms with Crippen molar-refractivity contribution in [3.8, 4) is 0 Å². The molecule has 1 unspecified atom stereocenters. The average molecular weight is 287 g/mol. The minimum Gasteiger partial charge on any atom is -0.469 e. The van der Waals surface area contributed by atoms with Crippen molar-refractivity contribution in [1.82, 2.24) is 0 Å². The first-order valence-corrected chi connectivity index (χ1v) is 5.64. The zero-order valence-corrected chi connectivity index (χ0v) is 10.1. The van der Waals surface area contributed by atoms with Gasteiger partial charge in [0.05, 0.1) is 11.1 Å². The van der Waals surface area contributed by atoms with E-state index in [0.29, 0.717) is 5.76 Å². The second-order valence-electron chi connectivity index (χ2n) is 3.46. The van der Waals surface area contributed by atoms with Gasteiger partial charge in [-0.1, -0.05) is 15.9 Å². The summed E-state index contributed by atoms with van der Waals surface area (Å²) in [6.07, 6.45) is 1.52. The minimum absolute atomic E-state index is 0.268. The van der Waals surface area contributed by atoms with Crippen molar-refractivity contribution < 1.29 is 13.2 Å². The minimum atomic E-state index is -0.456. The Kier molecular flexibility index (Phi) is 3.10. The molecule has 0 saturated heterocycles. The number of halogens is 3. The predicted molar refractivity (Wildman–Crippen MR) is 60.6 cm³/mol. The normalized spacial score (nSPS) is 12.8. The highest BCUT2D eigenvalue weighted by Gasteiger charge is 2.18. The van der Waals surface area contributed by atoms with Gasteiger partial charge in [0.15, 0.2) is 0 Å². The molecule has 0 aliphatic heterocycles. The first-order valence-electron chi connectivity index (χ1n) is 4.72. The summed E-state index contributed by atoms with van der Waals surface area (Å²) in [5, 5.41) is 0. The molecule has 0 bridgehead atoms. The van der Waals surface area contributed by atoms with E-state index in [-0.39, 0.29) is 5.56 Å². The van der Waals surface area contributed by atoms with Crippen LogP contribution in [0.25, 0.3) is 0 Å². The molecule has 0 saturated carbocycles. The first kappa shape index (κ1) is 11.3. The van der Waals surface area contributed by atoms with Crippen LogP contribution in [0.1, 0.15) is 21.7 Å². The number of aryl methyl sites for hydroxylation is 1. The zero-order valence-electron chi connectivity index (χ0n) is 8.51.